The van der Waals surface area contributed by atoms with Crippen molar-refractivity contribution in [2.75, 3.05) is 53.4 Å². The van der Waals surface area contributed by atoms with Gasteiger partial charge in [-0.3, -0.25) is 9.69 Å². The zero-order valence-electron chi connectivity index (χ0n) is 20.2. The van der Waals surface area contributed by atoms with E-state index in [1.807, 2.05) is 43.4 Å². The van der Waals surface area contributed by atoms with Crippen molar-refractivity contribution in [2.24, 2.45) is 0 Å². The Hall–Kier alpha value is -1.80. The molecular formula is C27H36BrFN4O. The number of likely N-dealkylation sites (tertiary alicyclic amines) is 2. The summed E-state index contributed by atoms with van der Waals surface area (Å²) in [5.41, 5.74) is 1.75. The van der Waals surface area contributed by atoms with E-state index in [-0.39, 0.29) is 17.6 Å². The maximum Gasteiger partial charge on any atom is 0.254 e. The number of benzene rings is 2. The molecule has 0 aromatic heterocycles. The molecule has 0 radical (unpaired) electrons. The summed E-state index contributed by atoms with van der Waals surface area (Å²) in [6, 6.07) is 15.6. The standard InChI is InChI=1S/C27H36BrFN4O/c1-30-23-12-15-33(16-13-23)24-18-32(19-24)14-11-21(20-7-9-22(29)10-8-20)17-31(2)27(34)25-5-3-4-6-26(25)28/h3-10,21,23-24,30H,11-19H2,1-2H3/t21-/m1/s1. The van der Waals surface area contributed by atoms with Crippen molar-refractivity contribution in [1.29, 1.82) is 0 Å². The summed E-state index contributed by atoms with van der Waals surface area (Å²) >= 11 is 3.49. The Labute approximate surface area is 211 Å². The highest BCUT2D eigenvalue weighted by atomic mass is 79.9. The van der Waals surface area contributed by atoms with Crippen molar-refractivity contribution in [3.63, 3.8) is 0 Å². The minimum atomic E-state index is -0.229. The predicted molar refractivity (Wildman–Crippen MR) is 139 cm³/mol. The van der Waals surface area contributed by atoms with Gasteiger partial charge in [0.25, 0.3) is 5.91 Å². The number of piperidine rings is 1. The molecule has 2 heterocycles. The first-order valence-electron chi connectivity index (χ1n) is 12.3. The van der Waals surface area contributed by atoms with Crippen molar-refractivity contribution in [3.05, 3.63) is 69.9 Å². The van der Waals surface area contributed by atoms with Gasteiger partial charge in [0.1, 0.15) is 5.82 Å². The van der Waals surface area contributed by atoms with Crippen molar-refractivity contribution >= 4 is 21.8 Å². The highest BCUT2D eigenvalue weighted by molar-refractivity contribution is 9.10. The molecule has 34 heavy (non-hydrogen) atoms. The van der Waals surface area contributed by atoms with Gasteiger partial charge in [-0.1, -0.05) is 24.3 Å². The molecule has 0 unspecified atom stereocenters. The largest absolute Gasteiger partial charge is 0.341 e. The number of nitrogens with zero attached hydrogens (tertiary/aromatic N) is 3. The Morgan fingerprint density at radius 3 is 2.47 bits per heavy atom. The second-order valence-corrected chi connectivity index (χ2v) is 10.6. The van der Waals surface area contributed by atoms with Crippen LogP contribution in [0.3, 0.4) is 0 Å². The van der Waals surface area contributed by atoms with Gasteiger partial charge in [-0.2, -0.15) is 0 Å². The average Bonchev–Trinajstić information content (AvgIpc) is 2.83. The number of amides is 1. The molecular weight excluding hydrogens is 495 g/mol. The van der Waals surface area contributed by atoms with E-state index in [1.165, 1.54) is 38.1 Å². The van der Waals surface area contributed by atoms with E-state index in [0.717, 1.165) is 36.1 Å². The molecule has 0 spiro atoms. The normalized spacial score (nSPS) is 19.1. The molecule has 2 aliphatic rings. The summed E-state index contributed by atoms with van der Waals surface area (Å²) in [7, 11) is 3.92. The predicted octanol–water partition coefficient (Wildman–Crippen LogP) is 4.20. The van der Waals surface area contributed by atoms with Gasteiger partial charge in [-0.25, -0.2) is 4.39 Å². The highest BCUT2D eigenvalue weighted by Crippen LogP contribution is 2.26. The van der Waals surface area contributed by atoms with E-state index >= 15 is 0 Å². The van der Waals surface area contributed by atoms with Crippen LogP contribution in [0.2, 0.25) is 0 Å². The summed E-state index contributed by atoms with van der Waals surface area (Å²) in [6.07, 6.45) is 3.41. The first-order valence-corrected chi connectivity index (χ1v) is 13.1. The third kappa shape index (κ3) is 6.25. The Morgan fingerprint density at radius 2 is 1.82 bits per heavy atom. The third-order valence-electron chi connectivity index (χ3n) is 7.47. The molecule has 4 rings (SSSR count). The molecule has 2 aromatic carbocycles. The lowest BCUT2D eigenvalue weighted by molar-refractivity contribution is 0.0170. The molecule has 2 saturated heterocycles. The number of carbonyl (C=O) groups excluding carboxylic acids is 1. The van der Waals surface area contributed by atoms with Crippen LogP contribution < -0.4 is 5.32 Å². The topological polar surface area (TPSA) is 38.8 Å². The van der Waals surface area contributed by atoms with Crippen molar-refractivity contribution < 1.29 is 9.18 Å². The molecule has 0 saturated carbocycles. The van der Waals surface area contributed by atoms with Crippen molar-refractivity contribution in [3.8, 4) is 0 Å². The fraction of sp³-hybridized carbons (Fsp3) is 0.519. The van der Waals surface area contributed by atoms with Gasteiger partial charge in [0.15, 0.2) is 0 Å². The molecule has 1 amide bonds. The third-order valence-corrected chi connectivity index (χ3v) is 8.16. The number of hydrogen-bond acceptors (Lipinski definition) is 4. The monoisotopic (exact) mass is 530 g/mol. The first kappa shape index (κ1) is 25.3. The Morgan fingerprint density at radius 1 is 1.15 bits per heavy atom. The molecule has 2 aromatic rings. The molecule has 2 aliphatic heterocycles. The zero-order chi connectivity index (χ0) is 24.1. The van der Waals surface area contributed by atoms with Crippen LogP contribution in [0, 0.1) is 5.82 Å². The smallest absolute Gasteiger partial charge is 0.254 e. The van der Waals surface area contributed by atoms with E-state index < -0.39 is 0 Å². The second kappa shape index (κ2) is 11.8. The Kier molecular flexibility index (Phi) is 8.75. The van der Waals surface area contributed by atoms with Crippen LogP contribution in [0.4, 0.5) is 4.39 Å². The van der Waals surface area contributed by atoms with Crippen molar-refractivity contribution in [1.82, 2.24) is 20.0 Å². The van der Waals surface area contributed by atoms with Gasteiger partial charge in [-0.05, 0) is 78.6 Å². The van der Waals surface area contributed by atoms with E-state index in [4.69, 9.17) is 0 Å². The van der Waals surface area contributed by atoms with Gasteiger partial charge < -0.3 is 15.1 Å². The van der Waals surface area contributed by atoms with Crippen LogP contribution in [-0.2, 0) is 0 Å². The number of halogens is 2. The van der Waals surface area contributed by atoms with Crippen LogP contribution in [0.15, 0.2) is 53.0 Å². The van der Waals surface area contributed by atoms with Gasteiger partial charge in [0, 0.05) is 62.2 Å². The van der Waals surface area contributed by atoms with Crippen LogP contribution in [0.1, 0.15) is 41.1 Å². The number of likely N-dealkylation sites (N-methyl/N-ethyl adjacent to an activating group) is 1. The molecule has 184 valence electrons. The summed E-state index contributed by atoms with van der Waals surface area (Å²) in [6.45, 7) is 6.19. The van der Waals surface area contributed by atoms with E-state index in [0.29, 0.717) is 24.2 Å². The van der Waals surface area contributed by atoms with Crippen LogP contribution >= 0.6 is 15.9 Å². The fourth-order valence-electron chi connectivity index (χ4n) is 5.20. The SMILES string of the molecule is CNC1CCN(C2CN(CC[C@H](CN(C)C(=O)c3ccccc3Br)c3ccc(F)cc3)C2)CC1. The van der Waals surface area contributed by atoms with E-state index in [1.54, 1.807) is 4.90 Å². The van der Waals surface area contributed by atoms with Crippen LogP contribution in [0.5, 0.6) is 0 Å². The molecule has 7 heteroatoms. The van der Waals surface area contributed by atoms with Gasteiger partial charge in [-0.15, -0.1) is 0 Å². The lowest BCUT2D eigenvalue weighted by Crippen LogP contribution is -2.61. The maximum absolute atomic E-state index is 13.6. The molecule has 2 fully saturated rings. The maximum atomic E-state index is 13.6. The summed E-state index contributed by atoms with van der Waals surface area (Å²) < 4.78 is 14.4. The van der Waals surface area contributed by atoms with Gasteiger partial charge in [0.05, 0.1) is 5.56 Å². The molecule has 0 aliphatic carbocycles. The number of nitrogens with one attached hydrogen (secondary N) is 1. The number of hydrogen-bond donors (Lipinski definition) is 1. The van der Waals surface area contributed by atoms with E-state index in [9.17, 15) is 9.18 Å². The number of rotatable bonds is 9. The lowest BCUT2D eigenvalue weighted by Gasteiger charge is -2.48. The fourth-order valence-corrected chi connectivity index (χ4v) is 5.65. The second-order valence-electron chi connectivity index (χ2n) is 9.71. The van der Waals surface area contributed by atoms with Crippen LogP contribution in [-0.4, -0.2) is 86.1 Å². The molecule has 0 bridgehead atoms. The minimum Gasteiger partial charge on any atom is -0.341 e. The van der Waals surface area contributed by atoms with Crippen LogP contribution in [0.25, 0.3) is 0 Å². The minimum absolute atomic E-state index is 0.00595. The lowest BCUT2D eigenvalue weighted by atomic mass is 9.93. The number of carbonyl (C=O) groups is 1. The van der Waals surface area contributed by atoms with Gasteiger partial charge in [0.2, 0.25) is 0 Å². The average molecular weight is 532 g/mol. The first-order chi connectivity index (χ1) is 16.4. The zero-order valence-corrected chi connectivity index (χ0v) is 21.8. The summed E-state index contributed by atoms with van der Waals surface area (Å²) in [5.74, 6) is -0.0798. The molecule has 1 N–H and O–H groups in total. The Balaban J connectivity index is 1.33. The Bertz CT molecular complexity index is 942. The molecule has 5 nitrogen and oxygen atoms in total. The molecule has 1 atom stereocenters. The van der Waals surface area contributed by atoms with Crippen molar-refractivity contribution in [2.45, 2.75) is 37.3 Å². The highest BCUT2D eigenvalue weighted by Gasteiger charge is 2.34. The summed E-state index contributed by atoms with van der Waals surface area (Å²) in [4.78, 5) is 20.0. The van der Waals surface area contributed by atoms with E-state index in [2.05, 4.69) is 38.1 Å². The quantitative estimate of drug-likeness (QED) is 0.527. The van der Waals surface area contributed by atoms with Gasteiger partial charge >= 0.3 is 0 Å². The summed E-state index contributed by atoms with van der Waals surface area (Å²) in [5, 5.41) is 3.41.